The van der Waals surface area contributed by atoms with Gasteiger partial charge in [0.1, 0.15) is 11.8 Å². The Labute approximate surface area is 307 Å². The minimum atomic E-state index is -0.687. The number of anilines is 2. The molecule has 53 heavy (non-hydrogen) atoms. The second-order valence-electron chi connectivity index (χ2n) is 14.5. The number of piperidine rings is 3. The van der Waals surface area contributed by atoms with Crippen molar-refractivity contribution in [1.82, 2.24) is 19.4 Å². The third-order valence-electron chi connectivity index (χ3n) is 11.5. The van der Waals surface area contributed by atoms with Crippen molar-refractivity contribution in [3.05, 3.63) is 112 Å². The molecule has 12 heteroatoms. The van der Waals surface area contributed by atoms with E-state index in [1.165, 1.54) is 10.1 Å². The average molecular weight is 713 g/mol. The average Bonchev–Trinajstić information content (AvgIpc) is 3.66. The largest absolute Gasteiger partial charge is 0.507 e. The van der Waals surface area contributed by atoms with Crippen LogP contribution in [-0.4, -0.2) is 74.6 Å². The van der Waals surface area contributed by atoms with Gasteiger partial charge in [-0.15, -0.1) is 0 Å². The highest BCUT2D eigenvalue weighted by molar-refractivity contribution is 6.19. The number of hydrogen-bond donors (Lipinski definition) is 4. The van der Waals surface area contributed by atoms with E-state index in [4.69, 9.17) is 10.8 Å². The molecule has 4 N–H and O–H groups in total. The maximum atomic E-state index is 13.2. The van der Waals surface area contributed by atoms with Crippen LogP contribution in [-0.2, 0) is 16.6 Å². The highest BCUT2D eigenvalue weighted by Crippen LogP contribution is 2.34. The molecule has 4 aromatic rings. The fraction of sp³-hybridized carbons (Fsp3) is 0.341. The molecule has 1 unspecified atom stereocenters. The Morgan fingerprint density at radius 1 is 0.868 bits per heavy atom. The number of amides is 2. The first-order valence-electron chi connectivity index (χ1n) is 18.4. The van der Waals surface area contributed by atoms with E-state index in [1.54, 1.807) is 48.0 Å². The number of nitrogens with one attached hydrogen (secondary N) is 3. The summed E-state index contributed by atoms with van der Waals surface area (Å²) in [5.74, 6) is -0.182. The lowest BCUT2D eigenvalue weighted by molar-refractivity contribution is -0.135. The van der Waals surface area contributed by atoms with Gasteiger partial charge in [0.05, 0.1) is 28.2 Å². The van der Waals surface area contributed by atoms with Crippen molar-refractivity contribution < 1.29 is 14.7 Å². The van der Waals surface area contributed by atoms with E-state index in [1.807, 2.05) is 23.2 Å². The minimum Gasteiger partial charge on any atom is -0.507 e. The summed E-state index contributed by atoms with van der Waals surface area (Å²) in [5, 5.41) is 29.6. The van der Waals surface area contributed by atoms with Gasteiger partial charge in [0.2, 0.25) is 11.8 Å². The monoisotopic (exact) mass is 712 g/mol. The van der Waals surface area contributed by atoms with Crippen LogP contribution >= 0.6 is 0 Å². The maximum Gasteiger partial charge on any atom is 0.329 e. The number of imide groups is 1. The zero-order valence-corrected chi connectivity index (χ0v) is 29.8. The van der Waals surface area contributed by atoms with E-state index < -0.39 is 11.9 Å². The lowest BCUT2D eigenvalue weighted by atomic mass is 9.88. The van der Waals surface area contributed by atoms with E-state index in [-0.39, 0.29) is 29.5 Å². The maximum absolute atomic E-state index is 13.2. The summed E-state index contributed by atoms with van der Waals surface area (Å²) in [4.78, 5) is 44.5. The number of phenolic OH excluding ortho intramolecular Hbond substituents is 1. The molecule has 0 radical (unpaired) electrons. The number of fused-ring (bicyclic) bond motifs is 1. The third-order valence-corrected chi connectivity index (χ3v) is 11.5. The van der Waals surface area contributed by atoms with Gasteiger partial charge in [-0.25, -0.2) is 4.79 Å². The van der Waals surface area contributed by atoms with Gasteiger partial charge in [0.25, 0.3) is 0 Å². The summed E-state index contributed by atoms with van der Waals surface area (Å²) in [7, 11) is 1.74. The van der Waals surface area contributed by atoms with Gasteiger partial charge >= 0.3 is 5.69 Å². The van der Waals surface area contributed by atoms with E-state index in [2.05, 4.69) is 45.4 Å². The number of imidazole rings is 1. The van der Waals surface area contributed by atoms with Crippen molar-refractivity contribution >= 4 is 45.6 Å². The predicted molar refractivity (Wildman–Crippen MR) is 206 cm³/mol. The van der Waals surface area contributed by atoms with Crippen molar-refractivity contribution in [3.63, 3.8) is 0 Å². The molecule has 2 amide bonds. The molecule has 8 rings (SSSR count). The van der Waals surface area contributed by atoms with Crippen molar-refractivity contribution in [3.8, 4) is 5.75 Å². The van der Waals surface area contributed by atoms with E-state index in [0.717, 1.165) is 68.8 Å². The highest BCUT2D eigenvalue weighted by Gasteiger charge is 2.33. The fourth-order valence-corrected chi connectivity index (χ4v) is 8.51. The summed E-state index contributed by atoms with van der Waals surface area (Å²) in [6, 6.07) is 21.2. The molecule has 3 aromatic carbocycles. The number of aromatic hydroxyl groups is 1. The number of benzene rings is 3. The van der Waals surface area contributed by atoms with Crippen molar-refractivity contribution in [1.29, 1.82) is 10.8 Å². The Morgan fingerprint density at radius 3 is 2.30 bits per heavy atom. The van der Waals surface area contributed by atoms with Crippen LogP contribution in [0.4, 0.5) is 11.4 Å². The summed E-state index contributed by atoms with van der Waals surface area (Å²) < 4.78 is 3.13. The van der Waals surface area contributed by atoms with Crippen LogP contribution in [0.2, 0.25) is 0 Å². The van der Waals surface area contributed by atoms with Gasteiger partial charge in [-0.2, -0.15) is 0 Å². The lowest BCUT2D eigenvalue weighted by Crippen LogP contribution is -2.47. The van der Waals surface area contributed by atoms with Gasteiger partial charge in [0, 0.05) is 55.7 Å². The molecule has 5 heterocycles. The first kappa shape index (κ1) is 34.3. The van der Waals surface area contributed by atoms with Crippen LogP contribution in [0.5, 0.6) is 5.75 Å². The smallest absolute Gasteiger partial charge is 0.329 e. The first-order chi connectivity index (χ1) is 25.7. The van der Waals surface area contributed by atoms with Crippen LogP contribution in [0.1, 0.15) is 61.6 Å². The molecule has 0 saturated carbocycles. The number of nitrogens with zero attached hydrogens (tertiary/aromatic N) is 5. The second-order valence-corrected chi connectivity index (χ2v) is 14.5. The van der Waals surface area contributed by atoms with Gasteiger partial charge in [-0.1, -0.05) is 24.3 Å². The fourth-order valence-electron chi connectivity index (χ4n) is 8.51. The first-order valence-corrected chi connectivity index (χ1v) is 18.4. The zero-order valence-electron chi connectivity index (χ0n) is 29.8. The van der Waals surface area contributed by atoms with Crippen molar-refractivity contribution in [2.24, 2.45) is 7.05 Å². The molecular formula is C41H44N8O4. The number of likely N-dealkylation sites (tertiary alicyclic amines) is 1. The second kappa shape index (κ2) is 14.0. The van der Waals surface area contributed by atoms with Crippen molar-refractivity contribution in [2.75, 3.05) is 36.0 Å². The lowest BCUT2D eigenvalue weighted by Gasteiger charge is -2.42. The number of aromatic nitrogens is 2. The Morgan fingerprint density at radius 2 is 1.58 bits per heavy atom. The van der Waals surface area contributed by atoms with E-state index in [0.29, 0.717) is 40.9 Å². The summed E-state index contributed by atoms with van der Waals surface area (Å²) in [6.07, 6.45) is 10.1. The summed E-state index contributed by atoms with van der Waals surface area (Å²) >= 11 is 0. The zero-order chi connectivity index (χ0) is 36.8. The molecule has 4 aliphatic rings. The molecule has 12 nitrogen and oxygen atoms in total. The Balaban J connectivity index is 0.866. The number of para-hydroxylation sites is 1. The molecule has 1 atom stereocenters. The number of phenols is 1. The number of carbonyl (C=O) groups excluding carboxylic acids is 2. The van der Waals surface area contributed by atoms with Crippen LogP contribution in [0, 0.1) is 10.8 Å². The molecule has 272 valence electrons. The molecule has 0 aliphatic carbocycles. The quantitative estimate of drug-likeness (QED) is 0.152. The van der Waals surface area contributed by atoms with Crippen LogP contribution in [0.3, 0.4) is 0 Å². The Hall–Kier alpha value is -5.75. The molecule has 4 aliphatic heterocycles. The highest BCUT2D eigenvalue weighted by atomic mass is 16.3. The van der Waals surface area contributed by atoms with Crippen LogP contribution in [0.25, 0.3) is 11.0 Å². The predicted octanol–water partition coefficient (Wildman–Crippen LogP) is 5.18. The summed E-state index contributed by atoms with van der Waals surface area (Å²) in [5.41, 5.74) is 6.08. The number of hydrogen-bond acceptors (Lipinski definition) is 9. The van der Waals surface area contributed by atoms with Gasteiger partial charge < -0.3 is 25.2 Å². The topological polar surface area (TPSA) is 151 Å². The molecule has 0 bridgehead atoms. The normalized spacial score (nSPS) is 21.3. The molecule has 3 saturated heterocycles. The summed E-state index contributed by atoms with van der Waals surface area (Å²) in [6.45, 7) is 3.99. The SMILES string of the molecule is Cn1c(=O)n(C2CCC(=O)NC2=O)c2ccc(N3CCC(N4CCC(c5ccc(N6C=CC(=N)/C6=C\C(=N)c6ccccc6O)cc5)CC4)CC3)cc21. The van der Waals surface area contributed by atoms with Crippen LogP contribution in [0.15, 0.2) is 95.6 Å². The van der Waals surface area contributed by atoms with Crippen LogP contribution < -0.4 is 20.8 Å². The third kappa shape index (κ3) is 6.48. The molecular weight excluding hydrogens is 669 g/mol. The van der Waals surface area contributed by atoms with E-state index in [9.17, 15) is 19.5 Å². The Kier molecular flexibility index (Phi) is 9.07. The van der Waals surface area contributed by atoms with Gasteiger partial charge in [-0.05, 0) is 111 Å². The number of aryl methyl sites for hydroxylation is 1. The number of allylic oxidation sites excluding steroid dienone is 2. The van der Waals surface area contributed by atoms with Crippen molar-refractivity contribution in [2.45, 2.75) is 56.5 Å². The van der Waals surface area contributed by atoms with Gasteiger partial charge in [0.15, 0.2) is 0 Å². The Bertz CT molecular complexity index is 2230. The molecule has 0 spiro atoms. The number of carbonyl (C=O) groups is 2. The number of rotatable bonds is 7. The molecule has 1 aromatic heterocycles. The van der Waals surface area contributed by atoms with Gasteiger partial charge in [-0.3, -0.25) is 29.4 Å². The standard InChI is InChI=1S/C41H44N8O4/c1-45-37-24-30(10-11-34(37)49(41(45)53)35-12-13-39(51)44-40(35)52)47-21-16-28(17-22-47)46-19-14-27(15-20-46)26-6-8-29(9-7-26)48-23-18-32(42)36(48)25-33(43)31-4-2-3-5-38(31)50/h2-11,18,23-25,27-28,35,42-43,50H,12-17,19-22H2,1H3,(H,44,51,52)/b36-25+,42-32?,43-33?. The minimum absolute atomic E-state index is 0.0462. The molecule has 3 fully saturated rings. The van der Waals surface area contributed by atoms with E-state index >= 15 is 0 Å².